The van der Waals surface area contributed by atoms with Gasteiger partial charge < -0.3 is 0 Å². The van der Waals surface area contributed by atoms with Gasteiger partial charge in [-0.05, 0) is 0 Å². The first-order valence-corrected chi connectivity index (χ1v) is 1.58. The summed E-state index contributed by atoms with van der Waals surface area (Å²) in [7, 11) is 0. The van der Waals surface area contributed by atoms with Crippen LogP contribution in [-0.4, -0.2) is 0 Å². The fourth-order valence-corrected chi connectivity index (χ4v) is 0.111. The predicted octanol–water partition coefficient (Wildman–Crippen LogP) is 1.55. The second-order valence-corrected chi connectivity index (χ2v) is 0.718. The van der Waals surface area contributed by atoms with Crippen LogP contribution in [0.3, 0.4) is 0 Å². The van der Waals surface area contributed by atoms with Crippen LogP contribution in [0.1, 0.15) is 6.92 Å². The van der Waals surface area contributed by atoms with E-state index in [1.807, 2.05) is 13.0 Å². The molecule has 0 N–H and O–H groups in total. The molecule has 0 saturated carbocycles. The molecule has 0 fully saturated rings. The second-order valence-electron chi connectivity index (χ2n) is 0.718. The van der Waals surface area contributed by atoms with Crippen LogP contribution in [0.5, 0.6) is 0 Å². The van der Waals surface area contributed by atoms with Crippen molar-refractivity contribution < 1.29 is 26.2 Å². The van der Waals surface area contributed by atoms with Gasteiger partial charge in [-0.25, -0.2) is 12.2 Å². The van der Waals surface area contributed by atoms with Crippen LogP contribution < -0.4 is 0 Å². The Kier molecular flexibility index (Phi) is 14.5. The Morgan fingerprint density at radius 2 is 2.00 bits per heavy atom. The maximum atomic E-state index is 4.93. The van der Waals surface area contributed by atoms with Crippen LogP contribution in [0, 0.1) is 6.58 Å². The maximum Gasteiger partial charge on any atom is 0 e. The number of hydrogen-bond acceptors (Lipinski definition) is 0. The van der Waals surface area contributed by atoms with Crippen LogP contribution >= 0.6 is 0 Å². The van der Waals surface area contributed by atoms with E-state index in [0.717, 1.165) is 0 Å². The molecule has 0 amide bonds. The molecule has 0 aliphatic heterocycles. The Morgan fingerprint density at radius 1 is 1.50 bits per heavy atom. The van der Waals surface area contributed by atoms with E-state index in [-0.39, 0.29) is 26.2 Å². The first-order valence-electron chi connectivity index (χ1n) is 1.58. The van der Waals surface area contributed by atoms with Gasteiger partial charge in [-0.1, -0.05) is 6.92 Å². The van der Waals surface area contributed by atoms with E-state index in [9.17, 15) is 0 Å². The molecule has 0 radical (unpaired) electrons. The van der Waals surface area contributed by atoms with E-state index < -0.39 is 0 Å². The van der Waals surface area contributed by atoms with Crippen LogP contribution in [0.4, 0.5) is 0 Å². The summed E-state index contributed by atoms with van der Waals surface area (Å²) in [6, 6.07) is 0. The van der Waals surface area contributed by atoms with Crippen molar-refractivity contribution in [3.63, 3.8) is 0 Å². The van der Waals surface area contributed by atoms with Crippen molar-refractivity contribution in [2.75, 3.05) is 0 Å². The largest absolute Gasteiger partial charge is 0.293 e. The summed E-state index contributed by atoms with van der Waals surface area (Å²) >= 11 is 0. The van der Waals surface area contributed by atoms with Gasteiger partial charge in [-0.3, -0.25) is 6.58 Å². The zero-order valence-corrected chi connectivity index (χ0v) is 6.27. The Hall–Kier alpha value is 0.363. The Labute approximate surface area is 58.1 Å². The van der Waals surface area contributed by atoms with Crippen molar-refractivity contribution in [3.8, 4) is 0 Å². The van der Waals surface area contributed by atoms with Gasteiger partial charge in [0.2, 0.25) is 0 Å². The minimum Gasteiger partial charge on any atom is -0.293 e. The number of allylic oxidation sites excluding steroid dienone is 3. The summed E-state index contributed by atoms with van der Waals surface area (Å²) in [6.45, 7) is 6.85. The van der Waals surface area contributed by atoms with E-state index >= 15 is 0 Å². The summed E-state index contributed by atoms with van der Waals surface area (Å²) in [4.78, 5) is 0. The summed E-state index contributed by atoms with van der Waals surface area (Å²) in [6.07, 6.45) is 5.15. The zero-order valence-electron chi connectivity index (χ0n) is 3.81. The van der Waals surface area contributed by atoms with E-state index in [4.69, 9.17) is 6.58 Å². The molecule has 0 aliphatic carbocycles. The summed E-state index contributed by atoms with van der Waals surface area (Å²) in [5.74, 6) is 0. The minimum absolute atomic E-state index is 0. The minimum atomic E-state index is 0. The van der Waals surface area contributed by atoms with Gasteiger partial charge >= 0.3 is 0 Å². The van der Waals surface area contributed by atoms with E-state index in [1.165, 1.54) is 6.08 Å². The fraction of sp³-hybridized carbons (Fsp3) is 0.200. The molecule has 0 aliphatic rings. The predicted molar refractivity (Wildman–Crippen MR) is 23.7 cm³/mol. The molecule has 0 rings (SSSR count). The fourth-order valence-electron chi connectivity index (χ4n) is 0.111. The maximum absolute atomic E-state index is 4.93. The smallest absolute Gasteiger partial charge is 0 e. The molecule has 0 bridgehead atoms. The third-order valence-corrected chi connectivity index (χ3v) is 0.304. The van der Waals surface area contributed by atoms with Gasteiger partial charge in [0.15, 0.2) is 0 Å². The molecule has 0 nitrogen and oxygen atoms in total. The summed E-state index contributed by atoms with van der Waals surface area (Å²) in [5.41, 5.74) is 0. The van der Waals surface area contributed by atoms with Crippen LogP contribution in [0.25, 0.3) is 0 Å². The quantitative estimate of drug-likeness (QED) is 0.401. The van der Waals surface area contributed by atoms with Gasteiger partial charge in [-0.2, -0.15) is 6.08 Å². The van der Waals surface area contributed by atoms with E-state index in [2.05, 4.69) is 0 Å². The first-order chi connectivity index (χ1) is 2.41. The zero-order chi connectivity index (χ0) is 4.12. The van der Waals surface area contributed by atoms with Gasteiger partial charge in [0.25, 0.3) is 0 Å². The molecular weight excluding hydrogens is 151 g/mol. The normalized spacial score (nSPS) is 7.50. The van der Waals surface area contributed by atoms with Crippen molar-refractivity contribution in [1.82, 2.24) is 0 Å². The molecule has 0 aromatic carbocycles. The Bertz CT molecular complexity index is 45.9. The molecule has 0 atom stereocenters. The molecule has 0 spiro atoms. The standard InChI is InChI=1S/C5H7.Zr/c1-3-5-4-2;/h1,3-5H,2H3;/q-1;/b5-4+;. The molecule has 1 heteroatoms. The van der Waals surface area contributed by atoms with Crippen LogP contribution in [0.2, 0.25) is 0 Å². The first kappa shape index (κ1) is 9.61. The summed E-state index contributed by atoms with van der Waals surface area (Å²) < 4.78 is 0. The molecular formula is C5H7Zr-. The molecule has 0 aromatic rings. The van der Waals surface area contributed by atoms with Crippen molar-refractivity contribution in [2.24, 2.45) is 0 Å². The summed E-state index contributed by atoms with van der Waals surface area (Å²) in [5, 5.41) is 0. The Balaban J connectivity index is 0. The average Bonchev–Trinajstić information content (AvgIpc) is 1.41. The number of rotatable bonds is 1. The molecule has 0 unspecified atom stereocenters. The average molecular weight is 158 g/mol. The SMILES string of the molecule is [CH-]=C/C=C/C.[Zr]. The van der Waals surface area contributed by atoms with Crippen LogP contribution in [-0.2, 0) is 26.2 Å². The van der Waals surface area contributed by atoms with E-state index in [0.29, 0.717) is 0 Å². The number of hydrogen-bond donors (Lipinski definition) is 0. The van der Waals surface area contributed by atoms with Crippen molar-refractivity contribution in [1.29, 1.82) is 0 Å². The monoisotopic (exact) mass is 157 g/mol. The molecule has 32 valence electrons. The molecule has 0 heterocycles. The third-order valence-electron chi connectivity index (χ3n) is 0.304. The van der Waals surface area contributed by atoms with Gasteiger partial charge in [-0.15, -0.1) is 0 Å². The molecule has 0 aromatic heterocycles. The molecule has 0 saturated heterocycles. The second kappa shape index (κ2) is 9.03. The van der Waals surface area contributed by atoms with E-state index in [1.54, 1.807) is 6.08 Å². The van der Waals surface area contributed by atoms with Crippen molar-refractivity contribution in [3.05, 3.63) is 24.8 Å². The van der Waals surface area contributed by atoms with Gasteiger partial charge in [0.1, 0.15) is 0 Å². The van der Waals surface area contributed by atoms with Crippen molar-refractivity contribution >= 4 is 0 Å². The van der Waals surface area contributed by atoms with Gasteiger partial charge in [0, 0.05) is 26.2 Å². The molecule has 6 heavy (non-hydrogen) atoms. The Morgan fingerprint density at radius 3 is 2.00 bits per heavy atom. The van der Waals surface area contributed by atoms with Gasteiger partial charge in [0.05, 0.1) is 0 Å². The third kappa shape index (κ3) is 8.84. The van der Waals surface area contributed by atoms with Crippen molar-refractivity contribution in [2.45, 2.75) is 6.92 Å². The van der Waals surface area contributed by atoms with Crippen LogP contribution in [0.15, 0.2) is 18.2 Å². The topological polar surface area (TPSA) is 0 Å².